The van der Waals surface area contributed by atoms with Gasteiger partial charge in [0.2, 0.25) is 0 Å². The minimum Gasteiger partial charge on any atom is -0.497 e. The van der Waals surface area contributed by atoms with E-state index in [4.69, 9.17) is 16.3 Å². The fraction of sp³-hybridized carbons (Fsp3) is 0.267. The summed E-state index contributed by atoms with van der Waals surface area (Å²) in [6.45, 7) is 0.780. The molecule has 0 spiro atoms. The number of aromatic nitrogens is 2. The van der Waals surface area contributed by atoms with Gasteiger partial charge in [-0.2, -0.15) is 0 Å². The Morgan fingerprint density at radius 3 is 3.00 bits per heavy atom. The number of hydrogen-bond acceptors (Lipinski definition) is 4. The first-order valence-electron chi connectivity index (χ1n) is 6.78. The maximum Gasteiger partial charge on any atom is 0.254 e. The first kappa shape index (κ1) is 14.6. The molecule has 6 nitrogen and oxygen atoms in total. The van der Waals surface area contributed by atoms with Gasteiger partial charge in [-0.15, -0.1) is 0 Å². The minimum absolute atomic E-state index is 0.137. The SMILES string of the molecule is COc1cc(Cl)cc(C(=O)N2CCc3c(nc[nH]c3=O)C2)c1. The van der Waals surface area contributed by atoms with Gasteiger partial charge in [-0.25, -0.2) is 4.98 Å². The highest BCUT2D eigenvalue weighted by Gasteiger charge is 2.24. The van der Waals surface area contributed by atoms with E-state index in [9.17, 15) is 9.59 Å². The number of hydrogen-bond donors (Lipinski definition) is 1. The van der Waals surface area contributed by atoms with Crippen LogP contribution in [0.4, 0.5) is 0 Å². The van der Waals surface area contributed by atoms with Gasteiger partial charge in [0.15, 0.2) is 0 Å². The highest BCUT2D eigenvalue weighted by Crippen LogP contribution is 2.23. The van der Waals surface area contributed by atoms with E-state index in [1.54, 1.807) is 23.1 Å². The molecule has 2 aromatic rings. The third kappa shape index (κ3) is 2.69. The molecule has 2 heterocycles. The van der Waals surface area contributed by atoms with E-state index in [-0.39, 0.29) is 11.5 Å². The predicted octanol–water partition coefficient (Wildman–Crippen LogP) is 1.63. The monoisotopic (exact) mass is 319 g/mol. The summed E-state index contributed by atoms with van der Waals surface area (Å²) < 4.78 is 5.13. The number of benzene rings is 1. The largest absolute Gasteiger partial charge is 0.497 e. The summed E-state index contributed by atoms with van der Waals surface area (Å²) in [7, 11) is 1.52. The van der Waals surface area contributed by atoms with Crippen LogP contribution in [-0.4, -0.2) is 34.4 Å². The van der Waals surface area contributed by atoms with Crippen molar-refractivity contribution in [2.24, 2.45) is 0 Å². The van der Waals surface area contributed by atoms with Gasteiger partial charge in [0, 0.05) is 22.7 Å². The maximum absolute atomic E-state index is 12.6. The summed E-state index contributed by atoms with van der Waals surface area (Å²) in [5.74, 6) is 0.372. The molecule has 0 bridgehead atoms. The van der Waals surface area contributed by atoms with Crippen LogP contribution in [0.15, 0.2) is 29.3 Å². The first-order valence-corrected chi connectivity index (χ1v) is 7.15. The lowest BCUT2D eigenvalue weighted by Gasteiger charge is -2.27. The van der Waals surface area contributed by atoms with E-state index in [1.165, 1.54) is 13.4 Å². The molecule has 0 radical (unpaired) electrons. The van der Waals surface area contributed by atoms with Gasteiger partial charge in [-0.3, -0.25) is 9.59 Å². The lowest BCUT2D eigenvalue weighted by molar-refractivity contribution is 0.0731. The summed E-state index contributed by atoms with van der Waals surface area (Å²) in [6.07, 6.45) is 1.85. The van der Waals surface area contributed by atoms with Crippen LogP contribution in [0.1, 0.15) is 21.6 Å². The van der Waals surface area contributed by atoms with Gasteiger partial charge < -0.3 is 14.6 Å². The number of carbonyl (C=O) groups is 1. The zero-order chi connectivity index (χ0) is 15.7. The topological polar surface area (TPSA) is 75.3 Å². The Hall–Kier alpha value is -2.34. The fourth-order valence-electron chi connectivity index (χ4n) is 2.53. The lowest BCUT2D eigenvalue weighted by Crippen LogP contribution is -2.38. The lowest BCUT2D eigenvalue weighted by atomic mass is 10.1. The van der Waals surface area contributed by atoms with Crippen molar-refractivity contribution in [3.8, 4) is 5.75 Å². The molecule has 0 unspecified atom stereocenters. The Morgan fingerprint density at radius 2 is 2.23 bits per heavy atom. The first-order chi connectivity index (χ1) is 10.6. The number of ether oxygens (including phenoxy) is 1. The number of halogens is 1. The molecule has 1 aliphatic heterocycles. The smallest absolute Gasteiger partial charge is 0.254 e. The number of nitrogens with zero attached hydrogens (tertiary/aromatic N) is 2. The third-order valence-corrected chi connectivity index (χ3v) is 3.87. The van der Waals surface area contributed by atoms with Gasteiger partial charge in [-0.05, 0) is 24.6 Å². The van der Waals surface area contributed by atoms with Crippen LogP contribution in [0.25, 0.3) is 0 Å². The second-order valence-electron chi connectivity index (χ2n) is 5.01. The standard InChI is InChI=1S/C15H14ClN3O3/c1-22-11-5-9(4-10(16)6-11)15(21)19-3-2-12-13(7-19)17-8-18-14(12)20/h4-6,8H,2-3,7H2,1H3,(H,17,18,20). The second kappa shape index (κ2) is 5.81. The number of amides is 1. The van der Waals surface area contributed by atoms with Crippen LogP contribution in [0.3, 0.4) is 0 Å². The van der Waals surface area contributed by atoms with E-state index < -0.39 is 0 Å². The highest BCUT2D eigenvalue weighted by atomic mass is 35.5. The second-order valence-corrected chi connectivity index (χ2v) is 5.45. The van der Waals surface area contributed by atoms with Crippen LogP contribution in [0, 0.1) is 0 Å². The van der Waals surface area contributed by atoms with Crippen molar-refractivity contribution in [3.05, 3.63) is 56.7 Å². The van der Waals surface area contributed by atoms with Crippen LogP contribution < -0.4 is 10.3 Å². The zero-order valence-corrected chi connectivity index (χ0v) is 12.7. The molecule has 0 fully saturated rings. The molecule has 7 heteroatoms. The van der Waals surface area contributed by atoms with Crippen molar-refractivity contribution in [2.45, 2.75) is 13.0 Å². The molecule has 3 rings (SSSR count). The molecule has 1 aromatic heterocycles. The molecule has 1 aliphatic rings. The number of nitrogens with one attached hydrogen (secondary N) is 1. The number of rotatable bonds is 2. The van der Waals surface area contributed by atoms with Crippen LogP contribution in [-0.2, 0) is 13.0 Å². The van der Waals surface area contributed by atoms with Gasteiger partial charge in [0.25, 0.3) is 11.5 Å². The Kier molecular flexibility index (Phi) is 3.85. The molecular formula is C15H14ClN3O3. The normalized spacial score (nSPS) is 13.6. The molecule has 1 N–H and O–H groups in total. The van der Waals surface area contributed by atoms with E-state index in [0.717, 1.165) is 0 Å². The minimum atomic E-state index is -0.159. The number of carbonyl (C=O) groups excluding carboxylic acids is 1. The molecule has 1 aromatic carbocycles. The molecular weight excluding hydrogens is 306 g/mol. The molecule has 22 heavy (non-hydrogen) atoms. The number of aromatic amines is 1. The number of methoxy groups -OCH3 is 1. The van der Waals surface area contributed by atoms with Crippen molar-refractivity contribution in [3.63, 3.8) is 0 Å². The van der Waals surface area contributed by atoms with Gasteiger partial charge >= 0.3 is 0 Å². The third-order valence-electron chi connectivity index (χ3n) is 3.65. The quantitative estimate of drug-likeness (QED) is 0.913. The van der Waals surface area contributed by atoms with Gasteiger partial charge in [0.1, 0.15) is 5.75 Å². The van der Waals surface area contributed by atoms with Crippen molar-refractivity contribution in [1.82, 2.24) is 14.9 Å². The van der Waals surface area contributed by atoms with Crippen molar-refractivity contribution < 1.29 is 9.53 Å². The van der Waals surface area contributed by atoms with Crippen molar-refractivity contribution in [1.29, 1.82) is 0 Å². The Labute approximate surface area is 131 Å². The Morgan fingerprint density at radius 1 is 1.41 bits per heavy atom. The van der Waals surface area contributed by atoms with E-state index in [1.807, 2.05) is 0 Å². The summed E-state index contributed by atoms with van der Waals surface area (Å²) in [5.41, 5.74) is 1.60. The summed E-state index contributed by atoms with van der Waals surface area (Å²) in [6, 6.07) is 4.90. The average molecular weight is 320 g/mol. The predicted molar refractivity (Wildman–Crippen MR) is 81.3 cm³/mol. The molecule has 1 amide bonds. The Bertz CT molecular complexity index is 788. The zero-order valence-electron chi connectivity index (χ0n) is 11.9. The number of fused-ring (bicyclic) bond motifs is 1. The summed E-state index contributed by atoms with van der Waals surface area (Å²) in [4.78, 5) is 32.7. The van der Waals surface area contributed by atoms with Crippen LogP contribution >= 0.6 is 11.6 Å². The molecule has 0 saturated carbocycles. The highest BCUT2D eigenvalue weighted by molar-refractivity contribution is 6.31. The van der Waals surface area contributed by atoms with E-state index in [2.05, 4.69) is 9.97 Å². The van der Waals surface area contributed by atoms with E-state index in [0.29, 0.717) is 47.1 Å². The maximum atomic E-state index is 12.6. The van der Waals surface area contributed by atoms with Gasteiger partial charge in [0.05, 0.1) is 25.7 Å². The molecule has 0 saturated heterocycles. The van der Waals surface area contributed by atoms with Crippen molar-refractivity contribution in [2.75, 3.05) is 13.7 Å². The van der Waals surface area contributed by atoms with Crippen LogP contribution in [0.5, 0.6) is 5.75 Å². The summed E-state index contributed by atoms with van der Waals surface area (Å²) in [5, 5.41) is 0.440. The molecule has 114 valence electrons. The van der Waals surface area contributed by atoms with E-state index >= 15 is 0 Å². The van der Waals surface area contributed by atoms with Gasteiger partial charge in [-0.1, -0.05) is 11.6 Å². The fourth-order valence-corrected chi connectivity index (χ4v) is 2.75. The van der Waals surface area contributed by atoms with Crippen LogP contribution in [0.2, 0.25) is 5.02 Å². The average Bonchev–Trinajstić information content (AvgIpc) is 2.53. The van der Waals surface area contributed by atoms with Crippen molar-refractivity contribution >= 4 is 17.5 Å². The molecule has 0 atom stereocenters. The number of H-pyrrole nitrogens is 1. The summed E-state index contributed by atoms with van der Waals surface area (Å²) >= 11 is 6.01. The Balaban J connectivity index is 1.88. The molecule has 0 aliphatic carbocycles.